The van der Waals surface area contributed by atoms with E-state index >= 15 is 0 Å². The van der Waals surface area contributed by atoms with Crippen LogP contribution in [0.1, 0.15) is 6.92 Å². The van der Waals surface area contributed by atoms with Crippen LogP contribution in [0.4, 0.5) is 13.2 Å². The first-order valence-electron chi connectivity index (χ1n) is 4.79. The zero-order valence-corrected chi connectivity index (χ0v) is 9.94. The molecule has 17 heavy (non-hydrogen) atoms. The third-order valence-electron chi connectivity index (χ3n) is 2.04. The Morgan fingerprint density at radius 2 is 1.82 bits per heavy atom. The van der Waals surface area contributed by atoms with Gasteiger partial charge in [0.15, 0.2) is 0 Å². The summed E-state index contributed by atoms with van der Waals surface area (Å²) in [5, 5.41) is 10.2. The van der Waals surface area contributed by atoms with Gasteiger partial charge in [0, 0.05) is 18.8 Å². The van der Waals surface area contributed by atoms with Crippen molar-refractivity contribution in [3.63, 3.8) is 0 Å². The van der Waals surface area contributed by atoms with E-state index in [-0.39, 0.29) is 5.75 Å². The van der Waals surface area contributed by atoms with Gasteiger partial charge < -0.3 is 10.4 Å². The van der Waals surface area contributed by atoms with Gasteiger partial charge in [-0.15, -0.1) is 0 Å². The standard InChI is InChI=1S/C6H13NO2S.C2HF3O2/c1-2-10(8,9)5-6-3-7-4-6;3-2(4,5)1(6)7/h6-7H,2-5H2,1H3;(H,6,7). The number of nitrogens with one attached hydrogen (secondary N) is 1. The molecule has 1 aliphatic rings. The smallest absolute Gasteiger partial charge is 0.475 e. The average molecular weight is 277 g/mol. The van der Waals surface area contributed by atoms with Crippen LogP contribution in [0.3, 0.4) is 0 Å². The van der Waals surface area contributed by atoms with Gasteiger partial charge in [-0.25, -0.2) is 13.2 Å². The maximum atomic E-state index is 11.0. The second-order valence-corrected chi connectivity index (χ2v) is 5.92. The lowest BCUT2D eigenvalue weighted by Gasteiger charge is -2.26. The van der Waals surface area contributed by atoms with E-state index in [1.165, 1.54) is 0 Å². The number of alkyl halides is 3. The highest BCUT2D eigenvalue weighted by atomic mass is 32.2. The van der Waals surface area contributed by atoms with Crippen molar-refractivity contribution in [1.82, 2.24) is 5.32 Å². The quantitative estimate of drug-likeness (QED) is 0.774. The predicted molar refractivity (Wildman–Crippen MR) is 54.4 cm³/mol. The van der Waals surface area contributed by atoms with Crippen LogP contribution >= 0.6 is 0 Å². The molecule has 0 saturated carbocycles. The van der Waals surface area contributed by atoms with Gasteiger partial charge in [0.05, 0.1) is 5.75 Å². The normalized spacial score (nSPS) is 16.7. The molecule has 0 aliphatic carbocycles. The summed E-state index contributed by atoms with van der Waals surface area (Å²) in [5.41, 5.74) is 0. The Kier molecular flexibility index (Phi) is 5.89. The monoisotopic (exact) mass is 277 g/mol. The molecule has 0 aromatic rings. The molecule has 0 bridgehead atoms. The molecule has 0 amide bonds. The highest BCUT2D eigenvalue weighted by molar-refractivity contribution is 7.91. The molecule has 0 atom stereocenters. The van der Waals surface area contributed by atoms with Crippen LogP contribution in [0.15, 0.2) is 0 Å². The van der Waals surface area contributed by atoms with Crippen molar-refractivity contribution in [2.24, 2.45) is 5.92 Å². The third-order valence-corrected chi connectivity index (χ3v) is 3.90. The molecule has 1 saturated heterocycles. The molecule has 0 aromatic heterocycles. The fraction of sp³-hybridized carbons (Fsp3) is 0.875. The molecule has 0 spiro atoms. The van der Waals surface area contributed by atoms with Crippen LogP contribution in [0.25, 0.3) is 0 Å². The van der Waals surface area contributed by atoms with Crippen molar-refractivity contribution in [3.05, 3.63) is 0 Å². The molecule has 5 nitrogen and oxygen atoms in total. The first kappa shape index (κ1) is 16.2. The summed E-state index contributed by atoms with van der Waals surface area (Å²) >= 11 is 0. The SMILES string of the molecule is CCS(=O)(=O)CC1CNC1.O=C(O)C(F)(F)F. The number of carboxylic acids is 1. The molecule has 1 aliphatic heterocycles. The predicted octanol–water partition coefficient (Wildman–Crippen LogP) is 0.274. The Hall–Kier alpha value is -0.830. The summed E-state index contributed by atoms with van der Waals surface area (Å²) in [5.74, 6) is -1.72. The van der Waals surface area contributed by atoms with Crippen molar-refractivity contribution in [1.29, 1.82) is 0 Å². The van der Waals surface area contributed by atoms with Crippen molar-refractivity contribution in [3.8, 4) is 0 Å². The third kappa shape index (κ3) is 7.16. The molecule has 1 heterocycles. The number of hydrogen-bond acceptors (Lipinski definition) is 4. The fourth-order valence-electron chi connectivity index (χ4n) is 0.943. The Labute approximate surface area is 96.9 Å². The second kappa shape index (κ2) is 6.20. The van der Waals surface area contributed by atoms with Gasteiger partial charge in [-0.1, -0.05) is 6.92 Å². The van der Waals surface area contributed by atoms with Gasteiger partial charge in [-0.05, 0) is 5.92 Å². The number of rotatable bonds is 3. The Morgan fingerprint density at radius 3 is 2.00 bits per heavy atom. The minimum absolute atomic E-state index is 0.281. The van der Waals surface area contributed by atoms with Gasteiger partial charge >= 0.3 is 12.1 Å². The summed E-state index contributed by atoms with van der Waals surface area (Å²) in [6.45, 7) is 3.44. The molecule has 102 valence electrons. The number of carbonyl (C=O) groups is 1. The zero-order valence-electron chi connectivity index (χ0n) is 9.12. The van der Waals surface area contributed by atoms with Gasteiger partial charge in [-0.3, -0.25) is 0 Å². The maximum absolute atomic E-state index is 11.0. The highest BCUT2D eigenvalue weighted by Crippen LogP contribution is 2.13. The maximum Gasteiger partial charge on any atom is 0.490 e. The lowest BCUT2D eigenvalue weighted by atomic mass is 10.1. The van der Waals surface area contributed by atoms with Crippen molar-refractivity contribution in [2.75, 3.05) is 24.6 Å². The second-order valence-electron chi connectivity index (χ2n) is 3.53. The number of halogens is 3. The van der Waals surface area contributed by atoms with Crippen molar-refractivity contribution >= 4 is 15.8 Å². The molecule has 0 radical (unpaired) electrons. The molecule has 0 aromatic carbocycles. The number of hydrogen-bond donors (Lipinski definition) is 2. The number of sulfone groups is 1. The van der Waals surface area contributed by atoms with Gasteiger partial charge in [0.25, 0.3) is 0 Å². The summed E-state index contributed by atoms with van der Waals surface area (Å²) in [6, 6.07) is 0. The van der Waals surface area contributed by atoms with E-state index in [4.69, 9.17) is 9.90 Å². The van der Waals surface area contributed by atoms with Crippen LogP contribution < -0.4 is 5.32 Å². The molecular weight excluding hydrogens is 263 g/mol. The molecule has 2 N–H and O–H groups in total. The van der Waals surface area contributed by atoms with E-state index in [9.17, 15) is 21.6 Å². The first-order chi connectivity index (χ1) is 7.58. The molecule has 1 fully saturated rings. The van der Waals surface area contributed by atoms with Crippen LogP contribution in [0, 0.1) is 5.92 Å². The van der Waals surface area contributed by atoms with Crippen LogP contribution in [0.5, 0.6) is 0 Å². The zero-order chi connectivity index (χ0) is 13.7. The van der Waals surface area contributed by atoms with E-state index in [1.807, 2.05) is 0 Å². The van der Waals surface area contributed by atoms with Crippen LogP contribution in [0.2, 0.25) is 0 Å². The molecular formula is C8H14F3NO4S. The van der Waals surface area contributed by atoms with Gasteiger partial charge in [0.1, 0.15) is 9.84 Å². The highest BCUT2D eigenvalue weighted by Gasteiger charge is 2.38. The van der Waals surface area contributed by atoms with Crippen LogP contribution in [-0.2, 0) is 14.6 Å². The summed E-state index contributed by atoms with van der Waals surface area (Å²) in [6.07, 6.45) is -5.08. The summed E-state index contributed by atoms with van der Waals surface area (Å²) in [7, 11) is -2.72. The van der Waals surface area contributed by atoms with Crippen molar-refractivity contribution in [2.45, 2.75) is 13.1 Å². The van der Waals surface area contributed by atoms with Gasteiger partial charge in [-0.2, -0.15) is 13.2 Å². The average Bonchev–Trinajstić information content (AvgIpc) is 2.11. The number of carboxylic acid groups (broad SMARTS) is 1. The summed E-state index contributed by atoms with van der Waals surface area (Å²) in [4.78, 5) is 8.90. The Balaban J connectivity index is 0.000000325. The molecule has 1 rings (SSSR count). The Bertz CT molecular complexity index is 348. The number of aliphatic carboxylic acids is 1. The van der Waals surface area contributed by atoms with Gasteiger partial charge in [0.2, 0.25) is 0 Å². The van der Waals surface area contributed by atoms with Crippen LogP contribution in [-0.4, -0.2) is 50.3 Å². The largest absolute Gasteiger partial charge is 0.490 e. The Morgan fingerprint density at radius 1 is 1.41 bits per heavy atom. The lowest BCUT2D eigenvalue weighted by molar-refractivity contribution is -0.192. The minimum Gasteiger partial charge on any atom is -0.475 e. The van der Waals surface area contributed by atoms with E-state index < -0.39 is 22.0 Å². The molecule has 0 unspecified atom stereocenters. The van der Waals surface area contributed by atoms with Crippen molar-refractivity contribution < 1.29 is 31.5 Å². The van der Waals surface area contributed by atoms with E-state index in [1.54, 1.807) is 6.92 Å². The lowest BCUT2D eigenvalue weighted by Crippen LogP contribution is -2.45. The topological polar surface area (TPSA) is 83.5 Å². The summed E-state index contributed by atoms with van der Waals surface area (Å²) < 4.78 is 53.7. The van der Waals surface area contributed by atoms with E-state index in [0.29, 0.717) is 11.7 Å². The fourth-order valence-corrected chi connectivity index (χ4v) is 2.13. The molecule has 9 heteroatoms. The van der Waals surface area contributed by atoms with E-state index in [0.717, 1.165) is 13.1 Å². The minimum atomic E-state index is -5.08. The van der Waals surface area contributed by atoms with E-state index in [2.05, 4.69) is 5.32 Å². The first-order valence-corrected chi connectivity index (χ1v) is 6.62.